The summed E-state index contributed by atoms with van der Waals surface area (Å²) in [7, 11) is 0. The Morgan fingerprint density at radius 3 is 2.74 bits per heavy atom. The zero-order valence-corrected chi connectivity index (χ0v) is 14.2. The molecule has 0 aliphatic rings. The highest BCUT2D eigenvalue weighted by Crippen LogP contribution is 2.21. The van der Waals surface area contributed by atoms with E-state index in [1.807, 2.05) is 42.5 Å². The molecule has 0 unspecified atom stereocenters. The molecule has 2 N–H and O–H groups in total. The predicted molar refractivity (Wildman–Crippen MR) is 96.4 cm³/mol. The average Bonchev–Trinajstić information content (AvgIpc) is 2.56. The summed E-state index contributed by atoms with van der Waals surface area (Å²) in [4.78, 5) is 4.46. The summed E-state index contributed by atoms with van der Waals surface area (Å²) in [5, 5.41) is 14.5. The normalized spacial score (nSPS) is 10.3. The smallest absolute Gasteiger partial charge is 0.249 e. The van der Waals surface area contributed by atoms with E-state index in [1.54, 1.807) is 6.20 Å². The maximum absolute atomic E-state index is 4.46. The zero-order chi connectivity index (χ0) is 16.1. The number of anilines is 4. The Morgan fingerprint density at radius 1 is 1.04 bits per heavy atom. The fourth-order valence-corrected chi connectivity index (χ4v) is 2.60. The number of nitrogens with zero attached hydrogens (tertiary/aromatic N) is 3. The first-order valence-electron chi connectivity index (χ1n) is 7.32. The number of aryl methyl sites for hydroxylation is 1. The van der Waals surface area contributed by atoms with Gasteiger partial charge in [-0.15, -0.1) is 5.10 Å². The lowest BCUT2D eigenvalue weighted by molar-refractivity contribution is 0.981. The molecule has 2 aromatic carbocycles. The number of benzene rings is 2. The van der Waals surface area contributed by atoms with Crippen LogP contribution < -0.4 is 10.6 Å². The predicted octanol–water partition coefficient (Wildman–Crippen LogP) is 4.68. The molecular formula is C17H16BrN5. The molecule has 116 valence electrons. The van der Waals surface area contributed by atoms with Crippen LogP contribution in [0.25, 0.3) is 0 Å². The van der Waals surface area contributed by atoms with Crippen molar-refractivity contribution in [2.24, 2.45) is 0 Å². The third-order valence-electron chi connectivity index (χ3n) is 3.30. The Morgan fingerprint density at radius 2 is 1.91 bits per heavy atom. The van der Waals surface area contributed by atoms with E-state index in [-0.39, 0.29) is 0 Å². The Hall–Kier alpha value is -2.47. The number of nitrogens with one attached hydrogen (secondary N) is 2. The first-order chi connectivity index (χ1) is 11.2. The summed E-state index contributed by atoms with van der Waals surface area (Å²) in [6.07, 6.45) is 2.56. The van der Waals surface area contributed by atoms with Gasteiger partial charge in [-0.25, -0.2) is 0 Å². The van der Waals surface area contributed by atoms with Gasteiger partial charge < -0.3 is 10.6 Å². The van der Waals surface area contributed by atoms with Crippen molar-refractivity contribution in [3.63, 3.8) is 0 Å². The van der Waals surface area contributed by atoms with Crippen molar-refractivity contribution in [2.75, 3.05) is 10.6 Å². The van der Waals surface area contributed by atoms with E-state index in [0.717, 1.165) is 22.3 Å². The van der Waals surface area contributed by atoms with Gasteiger partial charge in [-0.1, -0.05) is 47.1 Å². The summed E-state index contributed by atoms with van der Waals surface area (Å²) in [6.45, 7) is 2.12. The van der Waals surface area contributed by atoms with Crippen molar-refractivity contribution in [2.45, 2.75) is 13.3 Å². The summed E-state index contributed by atoms with van der Waals surface area (Å²) >= 11 is 3.44. The molecule has 0 saturated heterocycles. The fourth-order valence-electron chi connectivity index (χ4n) is 2.20. The second-order valence-corrected chi connectivity index (χ2v) is 5.85. The van der Waals surface area contributed by atoms with E-state index in [1.165, 1.54) is 5.56 Å². The van der Waals surface area contributed by atoms with E-state index in [4.69, 9.17) is 0 Å². The molecule has 5 nitrogen and oxygen atoms in total. The number of halogens is 1. The number of aromatic nitrogens is 3. The molecule has 0 saturated carbocycles. The molecule has 0 aliphatic carbocycles. The van der Waals surface area contributed by atoms with Crippen LogP contribution in [0.15, 0.2) is 59.2 Å². The van der Waals surface area contributed by atoms with Gasteiger partial charge in [0, 0.05) is 15.8 Å². The molecule has 0 fully saturated rings. The molecule has 0 amide bonds. The van der Waals surface area contributed by atoms with Crippen molar-refractivity contribution in [1.29, 1.82) is 0 Å². The third-order valence-corrected chi connectivity index (χ3v) is 3.79. The van der Waals surface area contributed by atoms with Crippen LogP contribution in [0.5, 0.6) is 0 Å². The Kier molecular flexibility index (Phi) is 4.83. The van der Waals surface area contributed by atoms with Gasteiger partial charge in [-0.3, -0.25) is 0 Å². The van der Waals surface area contributed by atoms with E-state index in [0.29, 0.717) is 11.8 Å². The maximum atomic E-state index is 4.46. The van der Waals surface area contributed by atoms with Gasteiger partial charge >= 0.3 is 0 Å². The first kappa shape index (κ1) is 15.4. The third kappa shape index (κ3) is 4.04. The minimum atomic E-state index is 0.446. The molecule has 3 aromatic rings. The summed E-state index contributed by atoms with van der Waals surface area (Å²) in [6, 6.07) is 16.0. The molecule has 3 rings (SSSR count). The Balaban J connectivity index is 1.80. The standard InChI is InChI=1S/C17H16BrN5/c1-2-12-6-3-4-9-15(12)21-16-11-19-23-17(22-16)20-14-8-5-7-13(18)10-14/h3-11H,2H2,1H3,(H2,20,21,22,23). The van der Waals surface area contributed by atoms with E-state index in [9.17, 15) is 0 Å². The minimum Gasteiger partial charge on any atom is -0.339 e. The van der Waals surface area contributed by atoms with E-state index >= 15 is 0 Å². The highest BCUT2D eigenvalue weighted by atomic mass is 79.9. The monoisotopic (exact) mass is 369 g/mol. The van der Waals surface area contributed by atoms with Crippen LogP contribution in [0.4, 0.5) is 23.1 Å². The molecule has 1 aromatic heterocycles. The number of hydrogen-bond acceptors (Lipinski definition) is 5. The summed E-state index contributed by atoms with van der Waals surface area (Å²) in [5.41, 5.74) is 3.16. The van der Waals surface area contributed by atoms with Crippen LogP contribution in [0, 0.1) is 0 Å². The first-order valence-corrected chi connectivity index (χ1v) is 8.11. The van der Waals surface area contributed by atoms with Gasteiger partial charge in [0.25, 0.3) is 0 Å². The van der Waals surface area contributed by atoms with Crippen LogP contribution in [0.3, 0.4) is 0 Å². The molecule has 0 spiro atoms. The van der Waals surface area contributed by atoms with E-state index < -0.39 is 0 Å². The van der Waals surface area contributed by atoms with Crippen LogP contribution in [-0.2, 0) is 6.42 Å². The molecule has 23 heavy (non-hydrogen) atoms. The second kappa shape index (κ2) is 7.19. The molecule has 0 aliphatic heterocycles. The van der Waals surface area contributed by atoms with Crippen molar-refractivity contribution in [3.05, 3.63) is 64.8 Å². The molecule has 0 atom stereocenters. The molecule has 6 heteroatoms. The zero-order valence-electron chi connectivity index (χ0n) is 12.6. The van der Waals surface area contributed by atoms with Crippen molar-refractivity contribution in [1.82, 2.24) is 15.2 Å². The lowest BCUT2D eigenvalue weighted by atomic mass is 10.1. The average molecular weight is 370 g/mol. The number of para-hydroxylation sites is 1. The van der Waals surface area contributed by atoms with Gasteiger partial charge in [0.15, 0.2) is 5.82 Å². The Labute approximate surface area is 143 Å². The molecule has 0 radical (unpaired) electrons. The number of rotatable bonds is 5. The van der Waals surface area contributed by atoms with Crippen LogP contribution in [0.2, 0.25) is 0 Å². The van der Waals surface area contributed by atoms with Crippen molar-refractivity contribution in [3.8, 4) is 0 Å². The van der Waals surface area contributed by atoms with Crippen LogP contribution >= 0.6 is 15.9 Å². The highest BCUT2D eigenvalue weighted by Gasteiger charge is 2.04. The SMILES string of the molecule is CCc1ccccc1Nc1cnnc(Nc2cccc(Br)c2)n1. The summed E-state index contributed by atoms with van der Waals surface area (Å²) < 4.78 is 0.988. The van der Waals surface area contributed by atoms with Gasteiger partial charge in [-0.2, -0.15) is 10.1 Å². The lowest BCUT2D eigenvalue weighted by Gasteiger charge is -2.10. The molecule has 1 heterocycles. The fraction of sp³-hybridized carbons (Fsp3) is 0.118. The van der Waals surface area contributed by atoms with Crippen LogP contribution in [-0.4, -0.2) is 15.2 Å². The van der Waals surface area contributed by atoms with Gasteiger partial charge in [0.05, 0.1) is 6.20 Å². The number of hydrogen-bond donors (Lipinski definition) is 2. The van der Waals surface area contributed by atoms with Crippen molar-refractivity contribution < 1.29 is 0 Å². The maximum Gasteiger partial charge on any atom is 0.249 e. The highest BCUT2D eigenvalue weighted by molar-refractivity contribution is 9.10. The lowest BCUT2D eigenvalue weighted by Crippen LogP contribution is -2.03. The Bertz CT molecular complexity index is 806. The summed E-state index contributed by atoms with van der Waals surface area (Å²) in [5.74, 6) is 1.10. The van der Waals surface area contributed by atoms with E-state index in [2.05, 4.69) is 54.7 Å². The largest absolute Gasteiger partial charge is 0.339 e. The molecular weight excluding hydrogens is 354 g/mol. The van der Waals surface area contributed by atoms with Crippen molar-refractivity contribution >= 4 is 39.1 Å². The topological polar surface area (TPSA) is 62.7 Å². The van der Waals surface area contributed by atoms with Crippen LogP contribution in [0.1, 0.15) is 12.5 Å². The molecule has 0 bridgehead atoms. The van der Waals surface area contributed by atoms with Gasteiger partial charge in [-0.05, 0) is 36.2 Å². The van der Waals surface area contributed by atoms with Gasteiger partial charge in [0.2, 0.25) is 5.95 Å². The second-order valence-electron chi connectivity index (χ2n) is 4.94. The quantitative estimate of drug-likeness (QED) is 0.683. The van der Waals surface area contributed by atoms with Gasteiger partial charge in [0.1, 0.15) is 0 Å². The minimum absolute atomic E-state index is 0.446.